The van der Waals surface area contributed by atoms with Gasteiger partial charge < -0.3 is 0 Å². The highest BCUT2D eigenvalue weighted by atomic mass is 14.2. The zero-order chi connectivity index (χ0) is 6.69. The van der Waals surface area contributed by atoms with Gasteiger partial charge in [-0.1, -0.05) is 46.0 Å². The molecule has 0 amide bonds. The maximum Gasteiger partial charge on any atom is -0.0414 e. The molecule has 0 bridgehead atoms. The van der Waals surface area contributed by atoms with Crippen LogP contribution in [0.4, 0.5) is 0 Å². The third-order valence-corrected chi connectivity index (χ3v) is 2.37. The molecule has 0 atom stereocenters. The summed E-state index contributed by atoms with van der Waals surface area (Å²) in [5, 5.41) is 0. The van der Waals surface area contributed by atoms with Crippen LogP contribution in [0.1, 0.15) is 32.1 Å². The molecule has 0 nitrogen and oxygen atoms in total. The molecule has 0 heterocycles. The van der Waals surface area contributed by atoms with Gasteiger partial charge in [0.05, 0.1) is 0 Å². The van der Waals surface area contributed by atoms with Crippen LogP contribution in [0.15, 0.2) is 0 Å². The van der Waals surface area contributed by atoms with Crippen molar-refractivity contribution in [3.05, 3.63) is 13.8 Å². The lowest BCUT2D eigenvalue weighted by atomic mass is 9.82. The summed E-state index contributed by atoms with van der Waals surface area (Å²) in [6.07, 6.45) is 6.54. The van der Waals surface area contributed by atoms with E-state index in [1.807, 2.05) is 0 Å². The first-order valence-corrected chi connectivity index (χ1v) is 3.95. The lowest BCUT2D eigenvalue weighted by Crippen LogP contribution is -2.11. The maximum absolute atomic E-state index is 4.05. The third-order valence-electron chi connectivity index (χ3n) is 2.37. The van der Waals surface area contributed by atoms with Gasteiger partial charge in [0.15, 0.2) is 0 Å². The minimum Gasteiger partial charge on any atom is -0.0530 e. The van der Waals surface area contributed by atoms with Gasteiger partial charge in [0, 0.05) is 0 Å². The second-order valence-corrected chi connectivity index (χ2v) is 3.18. The van der Waals surface area contributed by atoms with E-state index in [1.54, 1.807) is 0 Å². The van der Waals surface area contributed by atoms with Gasteiger partial charge in [-0.25, -0.2) is 0 Å². The first kappa shape index (κ1) is 7.11. The average molecular weight is 124 g/mol. The molecule has 52 valence electrons. The first-order valence-electron chi connectivity index (χ1n) is 3.95. The number of hydrogen-bond donors (Lipinski definition) is 0. The standard InChI is InChI=1S/C9H16/c1-3-9-6-4-8(2)5-7-9/h8-9H,1-7H2. The summed E-state index contributed by atoms with van der Waals surface area (Å²) in [7, 11) is 0. The fraction of sp³-hybridized carbons (Fsp3) is 0.778. The third kappa shape index (κ3) is 2.00. The van der Waals surface area contributed by atoms with Gasteiger partial charge >= 0.3 is 0 Å². The van der Waals surface area contributed by atoms with Gasteiger partial charge in [-0.3, -0.25) is 0 Å². The van der Waals surface area contributed by atoms with Gasteiger partial charge in [0.25, 0.3) is 0 Å². The summed E-state index contributed by atoms with van der Waals surface area (Å²) in [6, 6.07) is 0. The second kappa shape index (κ2) is 3.24. The van der Waals surface area contributed by atoms with Gasteiger partial charge in [-0.15, -0.1) is 0 Å². The minimum absolute atomic E-state index is 0.743. The van der Waals surface area contributed by atoms with Crippen LogP contribution in [0, 0.1) is 25.7 Å². The van der Waals surface area contributed by atoms with Crippen LogP contribution >= 0.6 is 0 Å². The van der Waals surface area contributed by atoms with Crippen molar-refractivity contribution >= 4 is 0 Å². The van der Waals surface area contributed by atoms with E-state index in [0.29, 0.717) is 0 Å². The lowest BCUT2D eigenvalue weighted by molar-refractivity contribution is 0.310. The molecule has 1 aliphatic carbocycles. The summed E-state index contributed by atoms with van der Waals surface area (Å²) in [4.78, 5) is 0. The van der Waals surface area contributed by atoms with Crippen LogP contribution in [-0.4, -0.2) is 0 Å². The van der Waals surface area contributed by atoms with Crippen LogP contribution < -0.4 is 0 Å². The van der Waals surface area contributed by atoms with Crippen LogP contribution in [-0.2, 0) is 0 Å². The molecule has 0 spiro atoms. The Morgan fingerprint density at radius 1 is 1.11 bits per heavy atom. The number of rotatable bonds is 1. The number of hydrogen-bond acceptors (Lipinski definition) is 0. The Bertz CT molecular complexity index is 68.1. The topological polar surface area (TPSA) is 0 Å². The Kier molecular flexibility index (Phi) is 2.56. The summed E-state index contributed by atoms with van der Waals surface area (Å²) >= 11 is 0. The van der Waals surface area contributed by atoms with E-state index in [0.717, 1.165) is 18.3 Å². The van der Waals surface area contributed by atoms with Crippen LogP contribution in [0.5, 0.6) is 0 Å². The monoisotopic (exact) mass is 124 g/mol. The SMILES string of the molecule is [CH2]CC1CCC([CH2])CC1. The molecule has 9 heavy (non-hydrogen) atoms. The van der Waals surface area contributed by atoms with Gasteiger partial charge in [-0.05, 0) is 11.8 Å². The van der Waals surface area contributed by atoms with Gasteiger partial charge in [0.2, 0.25) is 0 Å². The van der Waals surface area contributed by atoms with E-state index in [-0.39, 0.29) is 0 Å². The summed E-state index contributed by atoms with van der Waals surface area (Å²) in [5.41, 5.74) is 0. The van der Waals surface area contributed by atoms with Gasteiger partial charge in [-0.2, -0.15) is 0 Å². The van der Waals surface area contributed by atoms with Crippen LogP contribution in [0.3, 0.4) is 0 Å². The fourth-order valence-corrected chi connectivity index (χ4v) is 1.52. The van der Waals surface area contributed by atoms with Crippen molar-refractivity contribution in [3.8, 4) is 0 Å². The lowest BCUT2D eigenvalue weighted by Gasteiger charge is -2.24. The van der Waals surface area contributed by atoms with Crippen LogP contribution in [0.2, 0.25) is 0 Å². The van der Waals surface area contributed by atoms with Crippen LogP contribution in [0.25, 0.3) is 0 Å². The van der Waals surface area contributed by atoms with E-state index >= 15 is 0 Å². The minimum atomic E-state index is 0.743. The zero-order valence-electron chi connectivity index (χ0n) is 6.10. The maximum atomic E-state index is 4.05. The zero-order valence-corrected chi connectivity index (χ0v) is 6.10. The molecule has 0 aliphatic heterocycles. The second-order valence-electron chi connectivity index (χ2n) is 3.18. The molecule has 1 aliphatic rings. The van der Waals surface area contributed by atoms with Crippen molar-refractivity contribution in [2.75, 3.05) is 0 Å². The molecule has 0 aromatic rings. The Labute approximate surface area is 58.7 Å². The summed E-state index contributed by atoms with van der Waals surface area (Å²) in [5.74, 6) is 1.66. The molecule has 0 aromatic heterocycles. The highest BCUT2D eigenvalue weighted by molar-refractivity contribution is 4.73. The molecule has 1 saturated carbocycles. The van der Waals surface area contributed by atoms with E-state index in [4.69, 9.17) is 0 Å². The molecule has 1 rings (SSSR count). The van der Waals surface area contributed by atoms with Gasteiger partial charge in [0.1, 0.15) is 0 Å². The molecule has 0 saturated heterocycles. The predicted octanol–water partition coefficient (Wildman–Crippen LogP) is 2.85. The molecule has 0 unspecified atom stereocenters. The quantitative estimate of drug-likeness (QED) is 0.504. The Morgan fingerprint density at radius 2 is 1.67 bits per heavy atom. The van der Waals surface area contributed by atoms with E-state index in [2.05, 4.69) is 13.8 Å². The van der Waals surface area contributed by atoms with Crippen molar-refractivity contribution in [1.29, 1.82) is 0 Å². The van der Waals surface area contributed by atoms with E-state index in [9.17, 15) is 0 Å². The molecule has 0 aromatic carbocycles. The average Bonchev–Trinajstić information content (AvgIpc) is 1.90. The fourth-order valence-electron chi connectivity index (χ4n) is 1.52. The molecule has 1 fully saturated rings. The summed E-state index contributed by atoms with van der Waals surface area (Å²) < 4.78 is 0. The van der Waals surface area contributed by atoms with Crippen molar-refractivity contribution in [2.45, 2.75) is 32.1 Å². The molecule has 0 N–H and O–H groups in total. The summed E-state index contributed by atoms with van der Waals surface area (Å²) in [6.45, 7) is 7.96. The van der Waals surface area contributed by atoms with Crippen molar-refractivity contribution in [3.63, 3.8) is 0 Å². The van der Waals surface area contributed by atoms with Crippen molar-refractivity contribution < 1.29 is 0 Å². The van der Waals surface area contributed by atoms with Crippen molar-refractivity contribution in [2.24, 2.45) is 11.8 Å². The normalized spacial score (nSPS) is 36.7. The molecular weight excluding hydrogens is 108 g/mol. The first-order chi connectivity index (χ1) is 4.33. The van der Waals surface area contributed by atoms with E-state index in [1.165, 1.54) is 25.7 Å². The van der Waals surface area contributed by atoms with Crippen molar-refractivity contribution in [1.82, 2.24) is 0 Å². The molecular formula is C9H16. The Hall–Kier alpha value is 0. The van der Waals surface area contributed by atoms with E-state index < -0.39 is 0 Å². The largest absolute Gasteiger partial charge is 0.0530 e. The molecule has 0 heteroatoms. The highest BCUT2D eigenvalue weighted by Crippen LogP contribution is 2.29. The highest BCUT2D eigenvalue weighted by Gasteiger charge is 2.15. The molecule has 2 radical (unpaired) electrons. The Balaban J connectivity index is 2.18. The smallest absolute Gasteiger partial charge is 0.0414 e. The Morgan fingerprint density at radius 3 is 2.11 bits per heavy atom. The predicted molar refractivity (Wildman–Crippen MR) is 40.8 cm³/mol.